The van der Waals surface area contributed by atoms with Gasteiger partial charge in [0.2, 0.25) is 5.60 Å². The van der Waals surface area contributed by atoms with Crippen molar-refractivity contribution in [1.29, 1.82) is 0 Å². The van der Waals surface area contributed by atoms with E-state index in [4.69, 9.17) is 10.5 Å². The molecule has 6 heteroatoms. The van der Waals surface area contributed by atoms with Crippen molar-refractivity contribution >= 4 is 5.91 Å². The molecule has 82 valence electrons. The van der Waals surface area contributed by atoms with Gasteiger partial charge >= 0.3 is 6.18 Å². The lowest BCUT2D eigenvalue weighted by molar-refractivity contribution is -0.269. The number of carbonyl (C=O) groups is 1. The van der Waals surface area contributed by atoms with Crippen LogP contribution < -0.4 is 5.73 Å². The molecular weight excluding hydrogens is 199 g/mol. The number of nitrogens with two attached hydrogens (primary N) is 1. The second kappa shape index (κ2) is 2.85. The number of ether oxygens (including phenoxy) is 1. The molecule has 0 spiro atoms. The van der Waals surface area contributed by atoms with Crippen molar-refractivity contribution in [1.82, 2.24) is 0 Å². The summed E-state index contributed by atoms with van der Waals surface area (Å²) < 4.78 is 42.5. The van der Waals surface area contributed by atoms with Crippen molar-refractivity contribution < 1.29 is 22.7 Å². The van der Waals surface area contributed by atoms with Crippen LogP contribution in [-0.4, -0.2) is 23.3 Å². The number of halogens is 3. The van der Waals surface area contributed by atoms with Crippen LogP contribution in [-0.2, 0) is 9.53 Å². The van der Waals surface area contributed by atoms with E-state index >= 15 is 0 Å². The molecule has 1 rings (SSSR count). The Bertz CT molecular complexity index is 262. The van der Waals surface area contributed by atoms with E-state index in [0.717, 1.165) is 0 Å². The van der Waals surface area contributed by atoms with Gasteiger partial charge in [0, 0.05) is 0 Å². The van der Waals surface area contributed by atoms with Gasteiger partial charge in [-0.05, 0) is 26.7 Å². The van der Waals surface area contributed by atoms with Gasteiger partial charge in [-0.3, -0.25) is 4.79 Å². The summed E-state index contributed by atoms with van der Waals surface area (Å²) in [5.74, 6) is -1.46. The summed E-state index contributed by atoms with van der Waals surface area (Å²) in [6.07, 6.45) is -4.99. The second-order valence-corrected chi connectivity index (χ2v) is 4.05. The Morgan fingerprint density at radius 2 is 1.86 bits per heavy atom. The molecule has 1 heterocycles. The second-order valence-electron chi connectivity index (χ2n) is 4.05. The van der Waals surface area contributed by atoms with E-state index in [1.54, 1.807) is 0 Å². The molecule has 0 aromatic heterocycles. The fraction of sp³-hybridized carbons (Fsp3) is 0.875. The first-order valence-electron chi connectivity index (χ1n) is 4.18. The monoisotopic (exact) mass is 211 g/mol. The lowest BCUT2D eigenvalue weighted by atomic mass is 9.96. The standard InChI is InChI=1S/C8H12F3NO2/c1-6(2)3-4-7(14-6,5(12)13)8(9,10)11/h3-4H2,1-2H3,(H2,12,13). The molecule has 14 heavy (non-hydrogen) atoms. The minimum Gasteiger partial charge on any atom is -0.367 e. The van der Waals surface area contributed by atoms with Crippen LogP contribution in [0.15, 0.2) is 0 Å². The fourth-order valence-electron chi connectivity index (χ4n) is 1.56. The van der Waals surface area contributed by atoms with Crippen LogP contribution in [0.4, 0.5) is 13.2 Å². The topological polar surface area (TPSA) is 52.3 Å². The molecule has 1 amide bonds. The summed E-state index contributed by atoms with van der Waals surface area (Å²) in [4.78, 5) is 10.8. The van der Waals surface area contributed by atoms with Gasteiger partial charge in [0.25, 0.3) is 5.91 Å². The van der Waals surface area contributed by atoms with Gasteiger partial charge in [0.15, 0.2) is 0 Å². The molecule has 0 bridgehead atoms. The predicted octanol–water partition coefficient (Wildman–Crippen LogP) is 1.36. The van der Waals surface area contributed by atoms with E-state index < -0.39 is 29.7 Å². The Balaban J connectivity index is 3.05. The van der Waals surface area contributed by atoms with Crippen molar-refractivity contribution in [3.8, 4) is 0 Å². The van der Waals surface area contributed by atoms with E-state index in [9.17, 15) is 18.0 Å². The van der Waals surface area contributed by atoms with Crippen molar-refractivity contribution in [3.05, 3.63) is 0 Å². The number of rotatable bonds is 1. The molecule has 1 aliphatic heterocycles. The minimum atomic E-state index is -4.74. The van der Waals surface area contributed by atoms with Crippen LogP contribution in [0.5, 0.6) is 0 Å². The zero-order valence-electron chi connectivity index (χ0n) is 7.94. The van der Waals surface area contributed by atoms with Crippen LogP contribution in [0.3, 0.4) is 0 Å². The third-order valence-electron chi connectivity index (χ3n) is 2.39. The number of hydrogen-bond acceptors (Lipinski definition) is 2. The number of amides is 1. The summed E-state index contributed by atoms with van der Waals surface area (Å²) in [6.45, 7) is 3.01. The van der Waals surface area contributed by atoms with Gasteiger partial charge in [-0.2, -0.15) is 13.2 Å². The summed E-state index contributed by atoms with van der Waals surface area (Å²) >= 11 is 0. The number of carbonyl (C=O) groups excluding carboxylic acids is 1. The van der Waals surface area contributed by atoms with Gasteiger partial charge in [-0.25, -0.2) is 0 Å². The number of primary amides is 1. The molecule has 0 aromatic carbocycles. The highest BCUT2D eigenvalue weighted by molar-refractivity contribution is 5.85. The zero-order valence-corrected chi connectivity index (χ0v) is 7.94. The maximum Gasteiger partial charge on any atom is 0.426 e. The average molecular weight is 211 g/mol. The molecule has 0 radical (unpaired) electrons. The third kappa shape index (κ3) is 1.58. The summed E-state index contributed by atoms with van der Waals surface area (Å²) in [7, 11) is 0. The molecule has 1 fully saturated rings. The average Bonchev–Trinajstić information content (AvgIpc) is 2.25. The van der Waals surface area contributed by atoms with Gasteiger partial charge in [0.05, 0.1) is 5.60 Å². The normalized spacial score (nSPS) is 31.8. The zero-order chi connectivity index (χ0) is 11.2. The Kier molecular flexibility index (Phi) is 2.30. The predicted molar refractivity (Wildman–Crippen MR) is 42.4 cm³/mol. The SMILES string of the molecule is CC1(C)CCC(C(N)=O)(C(F)(F)F)O1. The van der Waals surface area contributed by atoms with Gasteiger partial charge in [0.1, 0.15) is 0 Å². The van der Waals surface area contributed by atoms with E-state index in [1.807, 2.05) is 0 Å². The smallest absolute Gasteiger partial charge is 0.367 e. The highest BCUT2D eigenvalue weighted by Crippen LogP contribution is 2.46. The third-order valence-corrected chi connectivity index (χ3v) is 2.39. The first-order valence-corrected chi connectivity index (χ1v) is 4.18. The molecule has 0 saturated carbocycles. The first kappa shape index (κ1) is 11.3. The Morgan fingerprint density at radius 1 is 1.36 bits per heavy atom. The molecule has 1 atom stereocenters. The molecule has 1 unspecified atom stereocenters. The molecule has 0 aliphatic carbocycles. The van der Waals surface area contributed by atoms with Crippen LogP contribution in [0.1, 0.15) is 26.7 Å². The maximum absolute atomic E-state index is 12.6. The van der Waals surface area contributed by atoms with E-state index in [-0.39, 0.29) is 6.42 Å². The minimum absolute atomic E-state index is 0.162. The Morgan fingerprint density at radius 3 is 2.00 bits per heavy atom. The first-order chi connectivity index (χ1) is 6.11. The number of hydrogen-bond donors (Lipinski definition) is 1. The molecular formula is C8H12F3NO2. The Hall–Kier alpha value is -0.780. The van der Waals surface area contributed by atoms with E-state index in [2.05, 4.69) is 0 Å². The lowest BCUT2D eigenvalue weighted by Crippen LogP contribution is -2.56. The molecule has 2 N–H and O–H groups in total. The van der Waals surface area contributed by atoms with E-state index in [0.29, 0.717) is 0 Å². The largest absolute Gasteiger partial charge is 0.426 e. The van der Waals surface area contributed by atoms with Crippen LogP contribution in [0, 0.1) is 0 Å². The Labute approximate surface area is 79.4 Å². The van der Waals surface area contributed by atoms with Crippen LogP contribution >= 0.6 is 0 Å². The van der Waals surface area contributed by atoms with Gasteiger partial charge < -0.3 is 10.5 Å². The van der Waals surface area contributed by atoms with Crippen molar-refractivity contribution in [2.75, 3.05) is 0 Å². The fourth-order valence-corrected chi connectivity index (χ4v) is 1.56. The summed E-state index contributed by atoms with van der Waals surface area (Å²) in [6, 6.07) is 0. The molecule has 3 nitrogen and oxygen atoms in total. The van der Waals surface area contributed by atoms with Crippen molar-refractivity contribution in [2.45, 2.75) is 44.1 Å². The molecule has 1 aliphatic rings. The molecule has 0 aromatic rings. The van der Waals surface area contributed by atoms with Crippen LogP contribution in [0.2, 0.25) is 0 Å². The lowest BCUT2D eigenvalue weighted by Gasteiger charge is -2.30. The van der Waals surface area contributed by atoms with Crippen molar-refractivity contribution in [2.24, 2.45) is 5.73 Å². The van der Waals surface area contributed by atoms with E-state index in [1.165, 1.54) is 13.8 Å². The highest BCUT2D eigenvalue weighted by atomic mass is 19.4. The highest BCUT2D eigenvalue weighted by Gasteiger charge is 2.65. The summed E-state index contributed by atoms with van der Waals surface area (Å²) in [5, 5.41) is 0. The molecule has 1 saturated heterocycles. The summed E-state index contributed by atoms with van der Waals surface area (Å²) in [5.41, 5.74) is 1.01. The number of alkyl halides is 3. The van der Waals surface area contributed by atoms with Crippen molar-refractivity contribution in [3.63, 3.8) is 0 Å². The van der Waals surface area contributed by atoms with Gasteiger partial charge in [-0.1, -0.05) is 0 Å². The van der Waals surface area contributed by atoms with Gasteiger partial charge in [-0.15, -0.1) is 0 Å². The quantitative estimate of drug-likeness (QED) is 0.712. The van der Waals surface area contributed by atoms with Crippen LogP contribution in [0.25, 0.3) is 0 Å². The maximum atomic E-state index is 12.6.